The van der Waals surface area contributed by atoms with Gasteiger partial charge in [-0.05, 0) is 42.0 Å². The number of methoxy groups -OCH3 is 2. The van der Waals surface area contributed by atoms with Crippen LogP contribution in [0.25, 0.3) is 0 Å². The van der Waals surface area contributed by atoms with Crippen LogP contribution in [0.1, 0.15) is 27.6 Å². The number of hydrogen-bond donors (Lipinski definition) is 1. The lowest BCUT2D eigenvalue weighted by Gasteiger charge is -2.17. The van der Waals surface area contributed by atoms with Gasteiger partial charge in [-0.3, -0.25) is 4.79 Å². The monoisotopic (exact) mass is 368 g/mol. The van der Waals surface area contributed by atoms with Gasteiger partial charge < -0.3 is 19.5 Å². The fraction of sp³-hybridized carbons (Fsp3) is 0.250. The molecule has 0 saturated heterocycles. The van der Waals surface area contributed by atoms with Gasteiger partial charge in [0.15, 0.2) is 6.61 Å². The molecule has 2 aromatic carbocycles. The van der Waals surface area contributed by atoms with Crippen LogP contribution < -0.4 is 10.1 Å². The Kier molecular flexibility index (Phi) is 7.35. The SMILES string of the molecule is COC(=O)COc1ccc(C(CNC(=O)c2ccc(C#N)cc2)OC)cc1. The van der Waals surface area contributed by atoms with Crippen LogP contribution >= 0.6 is 0 Å². The third kappa shape index (κ3) is 5.83. The smallest absolute Gasteiger partial charge is 0.343 e. The molecule has 1 N–H and O–H groups in total. The number of rotatable bonds is 8. The lowest BCUT2D eigenvalue weighted by molar-refractivity contribution is -0.142. The van der Waals surface area contributed by atoms with Crippen molar-refractivity contribution in [1.29, 1.82) is 5.26 Å². The Morgan fingerprint density at radius 3 is 2.30 bits per heavy atom. The number of benzene rings is 2. The first-order valence-electron chi connectivity index (χ1n) is 8.18. The van der Waals surface area contributed by atoms with Crippen LogP contribution in [0.3, 0.4) is 0 Å². The van der Waals surface area contributed by atoms with E-state index in [0.717, 1.165) is 5.56 Å². The van der Waals surface area contributed by atoms with Crippen molar-refractivity contribution in [2.75, 3.05) is 27.4 Å². The van der Waals surface area contributed by atoms with Crippen LogP contribution in [0.15, 0.2) is 48.5 Å². The molecule has 0 aliphatic rings. The molecule has 0 heterocycles. The Morgan fingerprint density at radius 2 is 1.74 bits per heavy atom. The van der Waals surface area contributed by atoms with Crippen LogP contribution in [0.5, 0.6) is 5.75 Å². The standard InChI is InChI=1S/C20H20N2O5/c1-25-18(12-22-20(24)16-5-3-14(11-21)4-6-16)15-7-9-17(10-8-15)27-13-19(23)26-2/h3-10,18H,12-13H2,1-2H3,(H,22,24). The highest BCUT2D eigenvalue weighted by Gasteiger charge is 2.13. The largest absolute Gasteiger partial charge is 0.482 e. The van der Waals surface area contributed by atoms with Gasteiger partial charge in [-0.15, -0.1) is 0 Å². The maximum Gasteiger partial charge on any atom is 0.343 e. The molecule has 2 aromatic rings. The van der Waals surface area contributed by atoms with Crippen molar-refractivity contribution in [2.45, 2.75) is 6.10 Å². The molecular formula is C20H20N2O5. The molecule has 140 valence electrons. The minimum Gasteiger partial charge on any atom is -0.482 e. The van der Waals surface area contributed by atoms with Crippen molar-refractivity contribution in [2.24, 2.45) is 0 Å². The van der Waals surface area contributed by atoms with Crippen molar-refractivity contribution in [3.8, 4) is 11.8 Å². The molecule has 0 saturated carbocycles. The topological polar surface area (TPSA) is 97.6 Å². The highest BCUT2D eigenvalue weighted by atomic mass is 16.6. The second kappa shape index (κ2) is 9.94. The lowest BCUT2D eigenvalue weighted by atomic mass is 10.1. The Balaban J connectivity index is 1.92. The number of hydrogen-bond acceptors (Lipinski definition) is 6. The first-order valence-corrected chi connectivity index (χ1v) is 8.18. The molecule has 0 aromatic heterocycles. The third-order valence-electron chi connectivity index (χ3n) is 3.84. The van der Waals surface area contributed by atoms with Gasteiger partial charge in [0, 0.05) is 19.2 Å². The molecule has 1 atom stereocenters. The Bertz CT molecular complexity index is 810. The lowest BCUT2D eigenvalue weighted by Crippen LogP contribution is -2.29. The van der Waals surface area contributed by atoms with Crippen molar-refractivity contribution >= 4 is 11.9 Å². The van der Waals surface area contributed by atoms with Gasteiger partial charge in [0.2, 0.25) is 0 Å². The van der Waals surface area contributed by atoms with Gasteiger partial charge in [0.25, 0.3) is 5.91 Å². The van der Waals surface area contributed by atoms with E-state index in [9.17, 15) is 9.59 Å². The summed E-state index contributed by atoms with van der Waals surface area (Å²) in [5, 5.41) is 11.6. The average Bonchev–Trinajstić information content (AvgIpc) is 2.73. The van der Waals surface area contributed by atoms with Crippen LogP contribution in [0.4, 0.5) is 0 Å². The van der Waals surface area contributed by atoms with Crippen molar-refractivity contribution in [3.63, 3.8) is 0 Å². The number of amides is 1. The maximum atomic E-state index is 12.2. The predicted octanol–water partition coefficient (Wildman–Crippen LogP) is 2.23. The number of carbonyl (C=O) groups is 2. The third-order valence-corrected chi connectivity index (χ3v) is 3.84. The normalized spacial score (nSPS) is 11.1. The molecule has 0 radical (unpaired) electrons. The predicted molar refractivity (Wildman–Crippen MR) is 97.2 cm³/mol. The minimum absolute atomic E-state index is 0.162. The first kappa shape index (κ1) is 19.9. The molecule has 7 nitrogen and oxygen atoms in total. The molecule has 7 heteroatoms. The molecule has 0 aliphatic carbocycles. The zero-order valence-corrected chi connectivity index (χ0v) is 15.1. The van der Waals surface area contributed by atoms with Crippen LogP contribution in [0, 0.1) is 11.3 Å². The molecule has 1 amide bonds. The van der Waals surface area contributed by atoms with E-state index in [4.69, 9.17) is 14.7 Å². The summed E-state index contributed by atoms with van der Waals surface area (Å²) in [5.41, 5.74) is 1.81. The molecular weight excluding hydrogens is 348 g/mol. The number of nitrogens with zero attached hydrogens (tertiary/aromatic N) is 1. The van der Waals surface area contributed by atoms with Crippen LogP contribution in [-0.4, -0.2) is 39.2 Å². The Hall–Kier alpha value is -3.37. The zero-order valence-electron chi connectivity index (χ0n) is 15.1. The summed E-state index contributed by atoms with van der Waals surface area (Å²) in [6, 6.07) is 15.4. The molecule has 1 unspecified atom stereocenters. The Labute approximate surface area is 157 Å². The summed E-state index contributed by atoms with van der Waals surface area (Å²) in [4.78, 5) is 23.3. The van der Waals surface area contributed by atoms with Gasteiger partial charge in [0.05, 0.1) is 24.8 Å². The molecule has 0 aliphatic heterocycles. The summed E-state index contributed by atoms with van der Waals surface area (Å²) in [6.45, 7) is 0.113. The first-order chi connectivity index (χ1) is 13.1. The van der Waals surface area contributed by atoms with E-state index in [0.29, 0.717) is 16.9 Å². The molecule has 0 spiro atoms. The van der Waals surface area contributed by atoms with E-state index in [1.54, 1.807) is 55.6 Å². The molecule has 0 fully saturated rings. The summed E-state index contributed by atoms with van der Waals surface area (Å²) in [5.74, 6) is -0.181. The van der Waals surface area contributed by atoms with Crippen molar-refractivity contribution < 1.29 is 23.8 Å². The van der Waals surface area contributed by atoms with Crippen LogP contribution in [0.2, 0.25) is 0 Å². The van der Waals surface area contributed by atoms with Crippen LogP contribution in [-0.2, 0) is 14.3 Å². The highest BCUT2D eigenvalue weighted by Crippen LogP contribution is 2.20. The zero-order chi connectivity index (χ0) is 19.6. The van der Waals surface area contributed by atoms with Gasteiger partial charge in [-0.25, -0.2) is 4.79 Å². The average molecular weight is 368 g/mol. The van der Waals surface area contributed by atoms with E-state index in [1.807, 2.05) is 6.07 Å². The van der Waals surface area contributed by atoms with Gasteiger partial charge in [-0.1, -0.05) is 12.1 Å². The highest BCUT2D eigenvalue weighted by molar-refractivity contribution is 5.94. The Morgan fingerprint density at radius 1 is 1.07 bits per heavy atom. The maximum absolute atomic E-state index is 12.2. The van der Waals surface area contributed by atoms with Crippen molar-refractivity contribution in [3.05, 3.63) is 65.2 Å². The van der Waals surface area contributed by atoms with Crippen molar-refractivity contribution in [1.82, 2.24) is 5.32 Å². The summed E-state index contributed by atoms with van der Waals surface area (Å²) >= 11 is 0. The minimum atomic E-state index is -0.459. The summed E-state index contributed by atoms with van der Waals surface area (Å²) in [7, 11) is 2.85. The molecule has 2 rings (SSSR count). The molecule has 0 bridgehead atoms. The van der Waals surface area contributed by atoms with E-state index < -0.39 is 5.97 Å². The fourth-order valence-corrected chi connectivity index (χ4v) is 2.30. The van der Waals surface area contributed by atoms with E-state index in [1.165, 1.54) is 7.11 Å². The van der Waals surface area contributed by atoms with Gasteiger partial charge in [0.1, 0.15) is 5.75 Å². The second-order valence-electron chi connectivity index (χ2n) is 5.56. The summed E-state index contributed by atoms with van der Waals surface area (Å²) in [6.07, 6.45) is -0.345. The van der Waals surface area contributed by atoms with E-state index >= 15 is 0 Å². The quantitative estimate of drug-likeness (QED) is 0.718. The number of ether oxygens (including phenoxy) is 3. The van der Waals surface area contributed by atoms with Gasteiger partial charge >= 0.3 is 5.97 Å². The summed E-state index contributed by atoms with van der Waals surface area (Å²) < 4.78 is 15.3. The number of nitriles is 1. The number of esters is 1. The molecule has 27 heavy (non-hydrogen) atoms. The second-order valence-corrected chi connectivity index (χ2v) is 5.56. The number of carbonyl (C=O) groups excluding carboxylic acids is 2. The number of nitrogens with one attached hydrogen (secondary N) is 1. The van der Waals surface area contributed by atoms with E-state index in [2.05, 4.69) is 10.1 Å². The van der Waals surface area contributed by atoms with E-state index in [-0.39, 0.29) is 25.2 Å². The van der Waals surface area contributed by atoms with Gasteiger partial charge in [-0.2, -0.15) is 5.26 Å². The fourth-order valence-electron chi connectivity index (χ4n) is 2.30.